The molecule has 2 aromatic rings. The molecule has 1 aromatic carbocycles. The number of nitrogens with zero attached hydrogens (tertiary/aromatic N) is 2. The Morgan fingerprint density at radius 1 is 1.40 bits per heavy atom. The largest absolute Gasteiger partial charge is 0.427 e. The first-order valence-electron chi connectivity index (χ1n) is 8.26. The van der Waals surface area contributed by atoms with Crippen molar-refractivity contribution in [1.82, 2.24) is 9.55 Å². The average molecular weight is 365 g/mol. The van der Waals surface area contributed by atoms with Gasteiger partial charge in [0.1, 0.15) is 5.82 Å². The quantitative estimate of drug-likeness (QED) is 0.649. The van der Waals surface area contributed by atoms with Crippen molar-refractivity contribution < 1.29 is 19.4 Å². The minimum absolute atomic E-state index is 0.158. The molecule has 7 heteroatoms. The third-order valence-corrected chi connectivity index (χ3v) is 4.45. The van der Waals surface area contributed by atoms with Crippen LogP contribution in [0.25, 0.3) is 0 Å². The van der Waals surface area contributed by atoms with Crippen LogP contribution in [0.5, 0.6) is 0 Å². The molecule has 0 saturated carbocycles. The van der Waals surface area contributed by atoms with E-state index in [2.05, 4.69) is 4.98 Å². The molecule has 2 unspecified atom stereocenters. The number of carbonyl (C=O) groups is 1. The third kappa shape index (κ3) is 4.03. The molecule has 0 bridgehead atoms. The Morgan fingerprint density at radius 2 is 2.12 bits per heavy atom. The summed E-state index contributed by atoms with van der Waals surface area (Å²) in [6.45, 7) is 5.35. The number of aliphatic hydroxyl groups excluding tert-OH is 1. The number of imidazole rings is 1. The molecule has 0 amide bonds. The summed E-state index contributed by atoms with van der Waals surface area (Å²) in [5.41, 5.74) is 0.633. The maximum absolute atomic E-state index is 12.4. The van der Waals surface area contributed by atoms with Crippen LogP contribution in [0.4, 0.5) is 0 Å². The summed E-state index contributed by atoms with van der Waals surface area (Å²) in [6.07, 6.45) is 1.19. The standard InChI is InChI=1S/C18H21ClN2O4/c1-11(2)21-9-15(20-16(21)13-7-8-24-10-13)18(23)25-17(22)12-3-5-14(19)6-4-12/h3-6,9,11,13,17,22H,7-8,10H2,1-2H3. The lowest BCUT2D eigenvalue weighted by molar-refractivity contribution is -0.0675. The normalized spacial score (nSPS) is 18.5. The van der Waals surface area contributed by atoms with Crippen LogP contribution >= 0.6 is 11.6 Å². The van der Waals surface area contributed by atoms with Crippen molar-refractivity contribution >= 4 is 17.6 Å². The van der Waals surface area contributed by atoms with E-state index < -0.39 is 12.3 Å². The summed E-state index contributed by atoms with van der Waals surface area (Å²) in [6, 6.07) is 6.62. The Bertz CT molecular complexity index is 736. The van der Waals surface area contributed by atoms with Crippen LogP contribution in [0.3, 0.4) is 0 Å². The maximum atomic E-state index is 12.4. The Hall–Kier alpha value is -1.89. The molecule has 0 spiro atoms. The molecule has 1 aliphatic rings. The Balaban J connectivity index is 1.77. The van der Waals surface area contributed by atoms with Gasteiger partial charge in [-0.1, -0.05) is 23.7 Å². The van der Waals surface area contributed by atoms with Crippen LogP contribution in [0, 0.1) is 0 Å². The Kier molecular flexibility index (Phi) is 5.42. The number of esters is 1. The topological polar surface area (TPSA) is 73.6 Å². The molecule has 1 aliphatic heterocycles. The predicted molar refractivity (Wildman–Crippen MR) is 92.6 cm³/mol. The van der Waals surface area contributed by atoms with Crippen molar-refractivity contribution in [3.05, 3.63) is 52.6 Å². The first-order valence-corrected chi connectivity index (χ1v) is 8.64. The highest BCUT2D eigenvalue weighted by Crippen LogP contribution is 2.27. The number of halogens is 1. The van der Waals surface area contributed by atoms with Crippen molar-refractivity contribution in [1.29, 1.82) is 0 Å². The summed E-state index contributed by atoms with van der Waals surface area (Å²) in [5.74, 6) is 0.326. The van der Waals surface area contributed by atoms with Gasteiger partial charge in [-0.2, -0.15) is 0 Å². The van der Waals surface area contributed by atoms with Gasteiger partial charge < -0.3 is 19.1 Å². The van der Waals surface area contributed by atoms with Gasteiger partial charge in [-0.25, -0.2) is 9.78 Å². The predicted octanol–water partition coefficient (Wildman–Crippen LogP) is 3.47. The molecule has 134 valence electrons. The summed E-state index contributed by atoms with van der Waals surface area (Å²) >= 11 is 5.82. The van der Waals surface area contributed by atoms with E-state index in [1.165, 1.54) is 0 Å². The lowest BCUT2D eigenvalue weighted by Gasteiger charge is -2.14. The van der Waals surface area contributed by atoms with Crippen LogP contribution in [0.2, 0.25) is 5.02 Å². The van der Waals surface area contributed by atoms with E-state index in [4.69, 9.17) is 21.1 Å². The highest BCUT2D eigenvalue weighted by molar-refractivity contribution is 6.30. The van der Waals surface area contributed by atoms with Crippen LogP contribution in [0.15, 0.2) is 30.5 Å². The number of hydrogen-bond acceptors (Lipinski definition) is 5. The van der Waals surface area contributed by atoms with E-state index >= 15 is 0 Å². The van der Waals surface area contributed by atoms with E-state index in [-0.39, 0.29) is 17.7 Å². The zero-order chi connectivity index (χ0) is 18.0. The Morgan fingerprint density at radius 3 is 2.72 bits per heavy atom. The van der Waals surface area contributed by atoms with Crippen LogP contribution < -0.4 is 0 Å². The molecule has 2 atom stereocenters. The first kappa shape index (κ1) is 17.9. The second kappa shape index (κ2) is 7.56. The van der Waals surface area contributed by atoms with Crippen molar-refractivity contribution in [3.63, 3.8) is 0 Å². The molecule has 0 radical (unpaired) electrons. The van der Waals surface area contributed by atoms with Crippen LogP contribution in [0.1, 0.15) is 60.4 Å². The summed E-state index contributed by atoms with van der Waals surface area (Å²) in [7, 11) is 0. The van der Waals surface area contributed by atoms with Gasteiger partial charge in [-0.15, -0.1) is 0 Å². The van der Waals surface area contributed by atoms with Gasteiger partial charge in [-0.05, 0) is 32.4 Å². The molecule has 3 rings (SSSR count). The molecule has 1 fully saturated rings. The lowest BCUT2D eigenvalue weighted by Crippen LogP contribution is -2.12. The van der Waals surface area contributed by atoms with Crippen LogP contribution in [-0.4, -0.2) is 33.8 Å². The van der Waals surface area contributed by atoms with Crippen molar-refractivity contribution in [3.8, 4) is 0 Å². The van der Waals surface area contributed by atoms with Crippen molar-refractivity contribution in [2.45, 2.75) is 38.5 Å². The number of aliphatic hydroxyl groups is 1. The molecule has 0 aliphatic carbocycles. The number of ether oxygens (including phenoxy) is 2. The second-order valence-corrected chi connectivity index (χ2v) is 6.79. The number of benzene rings is 1. The van der Waals surface area contributed by atoms with Gasteiger partial charge >= 0.3 is 5.97 Å². The minimum atomic E-state index is -1.37. The molecule has 1 N–H and O–H groups in total. The molecule has 1 saturated heterocycles. The molecule has 25 heavy (non-hydrogen) atoms. The van der Waals surface area contributed by atoms with E-state index in [0.717, 1.165) is 12.2 Å². The lowest BCUT2D eigenvalue weighted by atomic mass is 10.1. The number of rotatable bonds is 5. The van der Waals surface area contributed by atoms with Gasteiger partial charge in [0.2, 0.25) is 6.29 Å². The van der Waals surface area contributed by atoms with Crippen LogP contribution in [-0.2, 0) is 9.47 Å². The van der Waals surface area contributed by atoms with Crippen molar-refractivity contribution in [2.75, 3.05) is 13.2 Å². The van der Waals surface area contributed by atoms with E-state index in [9.17, 15) is 9.90 Å². The Labute approximate surface area is 151 Å². The fraction of sp³-hybridized carbons (Fsp3) is 0.444. The highest BCUT2D eigenvalue weighted by atomic mass is 35.5. The minimum Gasteiger partial charge on any atom is -0.427 e. The van der Waals surface area contributed by atoms with Gasteiger partial charge in [0.05, 0.1) is 6.61 Å². The SMILES string of the molecule is CC(C)n1cc(C(=O)OC(O)c2ccc(Cl)cc2)nc1C1CCOC1. The molecule has 1 aromatic heterocycles. The summed E-state index contributed by atoms with van der Waals surface area (Å²) in [4.78, 5) is 16.8. The van der Waals surface area contributed by atoms with E-state index in [1.807, 2.05) is 18.4 Å². The average Bonchev–Trinajstić information content (AvgIpc) is 3.24. The monoisotopic (exact) mass is 364 g/mol. The van der Waals surface area contributed by atoms with Gasteiger partial charge in [-0.3, -0.25) is 0 Å². The second-order valence-electron chi connectivity index (χ2n) is 6.36. The fourth-order valence-electron chi connectivity index (χ4n) is 2.82. The fourth-order valence-corrected chi connectivity index (χ4v) is 2.94. The third-order valence-electron chi connectivity index (χ3n) is 4.20. The zero-order valence-corrected chi connectivity index (χ0v) is 14.9. The molecular weight excluding hydrogens is 344 g/mol. The summed E-state index contributed by atoms with van der Waals surface area (Å²) in [5, 5.41) is 10.6. The van der Waals surface area contributed by atoms with Gasteiger partial charge in [0.25, 0.3) is 0 Å². The van der Waals surface area contributed by atoms with Gasteiger partial charge in [0.15, 0.2) is 5.69 Å². The number of carbonyl (C=O) groups excluding carboxylic acids is 1. The van der Waals surface area contributed by atoms with Crippen molar-refractivity contribution in [2.24, 2.45) is 0 Å². The first-order chi connectivity index (χ1) is 12.0. The number of hydrogen-bond donors (Lipinski definition) is 1. The molecule has 6 nitrogen and oxygen atoms in total. The van der Waals surface area contributed by atoms with Gasteiger partial charge in [0, 0.05) is 35.3 Å². The van der Waals surface area contributed by atoms with E-state index in [1.54, 1.807) is 30.5 Å². The molecule has 2 heterocycles. The number of aromatic nitrogens is 2. The molecular formula is C18H21ClN2O4. The smallest absolute Gasteiger partial charge is 0.361 e. The van der Waals surface area contributed by atoms with E-state index in [0.29, 0.717) is 23.8 Å². The zero-order valence-electron chi connectivity index (χ0n) is 14.2. The summed E-state index contributed by atoms with van der Waals surface area (Å²) < 4.78 is 12.5. The highest BCUT2D eigenvalue weighted by Gasteiger charge is 2.27. The maximum Gasteiger partial charge on any atom is 0.361 e.